The van der Waals surface area contributed by atoms with E-state index < -0.39 is 6.10 Å². The molecule has 1 atom stereocenters. The van der Waals surface area contributed by atoms with Crippen molar-refractivity contribution < 1.29 is 9.53 Å². The van der Waals surface area contributed by atoms with Gasteiger partial charge in [-0.1, -0.05) is 73.7 Å². The number of fused-ring (bicyclic) bond motifs is 1. The molecule has 1 N–H and O–H groups in total. The summed E-state index contributed by atoms with van der Waals surface area (Å²) in [6, 6.07) is 24.4. The average molecular weight is 380 g/mol. The van der Waals surface area contributed by atoms with Crippen molar-refractivity contribution in [3.05, 3.63) is 78.4 Å². The van der Waals surface area contributed by atoms with Gasteiger partial charge in [0.1, 0.15) is 5.75 Å². The van der Waals surface area contributed by atoms with Crippen molar-refractivity contribution >= 4 is 28.4 Å². The predicted molar refractivity (Wildman–Crippen MR) is 114 cm³/mol. The van der Waals surface area contributed by atoms with Gasteiger partial charge in [0.05, 0.1) is 0 Å². The van der Waals surface area contributed by atoms with Crippen molar-refractivity contribution in [1.29, 1.82) is 0 Å². The minimum absolute atomic E-state index is 0.0502. The quantitative estimate of drug-likeness (QED) is 0.529. The van der Waals surface area contributed by atoms with Crippen LogP contribution in [0.25, 0.3) is 10.8 Å². The SMILES string of the molecule is CC[C@H](Oc1cccc2ccccc12)C(=O)NCCSCc1ccccc1. The molecule has 3 aromatic rings. The topological polar surface area (TPSA) is 38.3 Å². The van der Waals surface area contributed by atoms with Crippen molar-refractivity contribution in [2.75, 3.05) is 12.3 Å². The Balaban J connectivity index is 1.49. The second-order valence-electron chi connectivity index (χ2n) is 6.32. The average Bonchev–Trinajstić information content (AvgIpc) is 2.72. The van der Waals surface area contributed by atoms with Crippen LogP contribution in [-0.4, -0.2) is 24.3 Å². The second-order valence-corrected chi connectivity index (χ2v) is 7.43. The lowest BCUT2D eigenvalue weighted by Crippen LogP contribution is -2.39. The summed E-state index contributed by atoms with van der Waals surface area (Å²) in [5.74, 6) is 2.55. The van der Waals surface area contributed by atoms with E-state index in [4.69, 9.17) is 4.74 Å². The van der Waals surface area contributed by atoms with Gasteiger partial charge < -0.3 is 10.1 Å². The molecule has 0 aliphatic rings. The third-order valence-electron chi connectivity index (χ3n) is 4.34. The van der Waals surface area contributed by atoms with Crippen molar-refractivity contribution in [3.8, 4) is 5.75 Å². The highest BCUT2D eigenvalue weighted by molar-refractivity contribution is 7.98. The van der Waals surface area contributed by atoms with E-state index in [9.17, 15) is 4.79 Å². The van der Waals surface area contributed by atoms with Gasteiger partial charge >= 0.3 is 0 Å². The summed E-state index contributed by atoms with van der Waals surface area (Å²) in [6.45, 7) is 2.62. The molecular weight excluding hydrogens is 354 g/mol. The first-order chi connectivity index (χ1) is 13.3. The second kappa shape index (κ2) is 10.0. The van der Waals surface area contributed by atoms with Gasteiger partial charge in [0.25, 0.3) is 5.91 Å². The van der Waals surface area contributed by atoms with E-state index >= 15 is 0 Å². The third-order valence-corrected chi connectivity index (χ3v) is 5.37. The third kappa shape index (κ3) is 5.51. The van der Waals surface area contributed by atoms with E-state index in [2.05, 4.69) is 17.4 Å². The Kier molecular flexibility index (Phi) is 7.17. The number of thioether (sulfide) groups is 1. The van der Waals surface area contributed by atoms with Crippen LogP contribution < -0.4 is 10.1 Å². The Hall–Kier alpha value is -2.46. The molecular formula is C23H25NO2S. The molecule has 0 unspecified atom stereocenters. The summed E-state index contributed by atoms with van der Waals surface area (Å²) < 4.78 is 6.05. The van der Waals surface area contributed by atoms with E-state index in [1.165, 1.54) is 5.56 Å². The fraction of sp³-hybridized carbons (Fsp3) is 0.261. The molecule has 4 heteroatoms. The molecule has 0 aliphatic carbocycles. The van der Waals surface area contributed by atoms with E-state index in [0.717, 1.165) is 28.0 Å². The number of ether oxygens (including phenoxy) is 1. The van der Waals surface area contributed by atoms with Gasteiger partial charge in [-0.15, -0.1) is 0 Å². The fourth-order valence-corrected chi connectivity index (χ4v) is 3.72. The highest BCUT2D eigenvalue weighted by atomic mass is 32.2. The van der Waals surface area contributed by atoms with E-state index in [0.29, 0.717) is 13.0 Å². The van der Waals surface area contributed by atoms with E-state index in [1.54, 1.807) is 0 Å². The Morgan fingerprint density at radius 1 is 1.00 bits per heavy atom. The molecule has 0 aromatic heterocycles. The van der Waals surface area contributed by atoms with Crippen LogP contribution in [0.5, 0.6) is 5.75 Å². The maximum atomic E-state index is 12.5. The first-order valence-corrected chi connectivity index (χ1v) is 10.5. The molecule has 140 valence electrons. The molecule has 0 bridgehead atoms. The lowest BCUT2D eigenvalue weighted by molar-refractivity contribution is -0.127. The number of rotatable bonds is 9. The Morgan fingerprint density at radius 3 is 2.56 bits per heavy atom. The zero-order chi connectivity index (χ0) is 18.9. The zero-order valence-corrected chi connectivity index (χ0v) is 16.4. The number of carbonyl (C=O) groups excluding carboxylic acids is 1. The summed E-state index contributed by atoms with van der Waals surface area (Å²) in [7, 11) is 0. The smallest absolute Gasteiger partial charge is 0.261 e. The maximum Gasteiger partial charge on any atom is 0.261 e. The van der Waals surface area contributed by atoms with E-state index in [1.807, 2.05) is 79.3 Å². The molecule has 3 aromatic carbocycles. The molecule has 0 heterocycles. The van der Waals surface area contributed by atoms with Crippen LogP contribution in [0.2, 0.25) is 0 Å². The van der Waals surface area contributed by atoms with Crippen molar-refractivity contribution in [2.24, 2.45) is 0 Å². The molecule has 0 saturated heterocycles. The number of hydrogen-bond donors (Lipinski definition) is 1. The monoisotopic (exact) mass is 379 g/mol. The Bertz CT molecular complexity index is 861. The molecule has 1 amide bonds. The van der Waals surface area contributed by atoms with Gasteiger partial charge in [0.2, 0.25) is 0 Å². The largest absolute Gasteiger partial charge is 0.480 e. The number of nitrogens with one attached hydrogen (secondary N) is 1. The fourth-order valence-electron chi connectivity index (χ4n) is 2.90. The molecule has 3 rings (SSSR count). The minimum Gasteiger partial charge on any atom is -0.480 e. The number of amides is 1. The molecule has 0 fully saturated rings. The number of benzene rings is 3. The summed E-state index contributed by atoms with van der Waals surface area (Å²) in [5.41, 5.74) is 1.31. The van der Waals surface area contributed by atoms with Gasteiger partial charge in [-0.25, -0.2) is 0 Å². The highest BCUT2D eigenvalue weighted by Gasteiger charge is 2.18. The van der Waals surface area contributed by atoms with Crippen molar-refractivity contribution in [2.45, 2.75) is 25.2 Å². The molecule has 0 saturated carbocycles. The summed E-state index contributed by atoms with van der Waals surface area (Å²) in [5, 5.41) is 5.15. The van der Waals surface area contributed by atoms with Crippen LogP contribution >= 0.6 is 11.8 Å². The van der Waals surface area contributed by atoms with Crippen LogP contribution in [-0.2, 0) is 10.5 Å². The molecule has 0 spiro atoms. The Labute approximate surface area is 165 Å². The molecule has 3 nitrogen and oxygen atoms in total. The minimum atomic E-state index is -0.477. The van der Waals surface area contributed by atoms with Crippen molar-refractivity contribution in [1.82, 2.24) is 5.32 Å². The lowest BCUT2D eigenvalue weighted by Gasteiger charge is -2.18. The van der Waals surface area contributed by atoms with E-state index in [-0.39, 0.29) is 5.91 Å². The maximum absolute atomic E-state index is 12.5. The predicted octanol–water partition coefficient (Wildman–Crippen LogP) is 5.05. The summed E-state index contributed by atoms with van der Waals surface area (Å²) in [6.07, 6.45) is 0.154. The molecule has 27 heavy (non-hydrogen) atoms. The van der Waals surface area contributed by atoms with Gasteiger partial charge in [0.15, 0.2) is 6.10 Å². The first kappa shape index (κ1) is 19.3. The van der Waals surface area contributed by atoms with Crippen LogP contribution in [0.4, 0.5) is 0 Å². The highest BCUT2D eigenvalue weighted by Crippen LogP contribution is 2.26. The lowest BCUT2D eigenvalue weighted by atomic mass is 10.1. The van der Waals surface area contributed by atoms with Gasteiger partial charge in [-0.05, 0) is 23.4 Å². The number of hydrogen-bond acceptors (Lipinski definition) is 3. The zero-order valence-electron chi connectivity index (χ0n) is 15.6. The van der Waals surface area contributed by atoms with Crippen LogP contribution in [0, 0.1) is 0 Å². The normalized spacial score (nSPS) is 11.9. The van der Waals surface area contributed by atoms with Gasteiger partial charge in [-0.2, -0.15) is 11.8 Å². The van der Waals surface area contributed by atoms with Crippen LogP contribution in [0.3, 0.4) is 0 Å². The molecule has 0 aliphatic heterocycles. The summed E-state index contributed by atoms with van der Waals surface area (Å²) >= 11 is 1.82. The standard InChI is InChI=1S/C23H25NO2S/c1-2-21(26-22-14-8-12-19-11-6-7-13-20(19)22)23(25)24-15-16-27-17-18-9-4-3-5-10-18/h3-14,21H,2,15-17H2,1H3,(H,24,25)/t21-/m0/s1. The van der Waals surface area contributed by atoms with Crippen LogP contribution in [0.1, 0.15) is 18.9 Å². The van der Waals surface area contributed by atoms with Crippen LogP contribution in [0.15, 0.2) is 72.8 Å². The first-order valence-electron chi connectivity index (χ1n) is 9.31. The van der Waals surface area contributed by atoms with Gasteiger partial charge in [-0.3, -0.25) is 4.79 Å². The summed E-state index contributed by atoms with van der Waals surface area (Å²) in [4.78, 5) is 12.5. The Morgan fingerprint density at radius 2 is 1.74 bits per heavy atom. The molecule has 0 radical (unpaired) electrons. The van der Waals surface area contributed by atoms with Crippen molar-refractivity contribution in [3.63, 3.8) is 0 Å². The number of carbonyl (C=O) groups is 1. The van der Waals surface area contributed by atoms with Gasteiger partial charge in [0, 0.05) is 23.4 Å².